The number of rotatable bonds is 9. The maximum atomic E-state index is 12.2. The molecular weight excluding hydrogens is 390 g/mol. The standard InChI is InChI=1S/C20H21N5O3S/c1-28-17-7-3-2-6-15(17)24-20-25-16(13-29-20)19(27)22-10-8-18(26)23-12-14-5-4-9-21-11-14/h2-7,9,11,13H,8,10,12H2,1H3,(H,22,27)(H,23,26)(H,24,25). The number of pyridine rings is 1. The molecule has 0 aliphatic heterocycles. The normalized spacial score (nSPS) is 10.2. The van der Waals surface area contributed by atoms with Crippen LogP contribution in [0.2, 0.25) is 0 Å². The van der Waals surface area contributed by atoms with Gasteiger partial charge in [0.2, 0.25) is 5.91 Å². The second kappa shape index (κ2) is 10.2. The molecule has 2 aromatic heterocycles. The second-order valence-electron chi connectivity index (χ2n) is 6.01. The van der Waals surface area contributed by atoms with Crippen LogP contribution in [-0.2, 0) is 11.3 Å². The highest BCUT2D eigenvalue weighted by Crippen LogP contribution is 2.28. The molecule has 0 saturated carbocycles. The second-order valence-corrected chi connectivity index (χ2v) is 6.87. The van der Waals surface area contributed by atoms with Crippen LogP contribution in [0.15, 0.2) is 54.2 Å². The number of hydrogen-bond donors (Lipinski definition) is 3. The van der Waals surface area contributed by atoms with Gasteiger partial charge in [0, 0.05) is 37.3 Å². The molecule has 8 nitrogen and oxygen atoms in total. The summed E-state index contributed by atoms with van der Waals surface area (Å²) < 4.78 is 5.29. The van der Waals surface area contributed by atoms with Crippen LogP contribution >= 0.6 is 11.3 Å². The number of para-hydroxylation sites is 2. The van der Waals surface area contributed by atoms with Crippen LogP contribution < -0.4 is 20.7 Å². The van der Waals surface area contributed by atoms with Crippen LogP contribution in [-0.4, -0.2) is 35.4 Å². The van der Waals surface area contributed by atoms with Gasteiger partial charge in [-0.05, 0) is 23.8 Å². The minimum absolute atomic E-state index is 0.147. The molecule has 2 amide bonds. The Bertz CT molecular complexity index is 962. The monoisotopic (exact) mass is 411 g/mol. The van der Waals surface area contributed by atoms with E-state index in [0.29, 0.717) is 23.1 Å². The zero-order chi connectivity index (χ0) is 20.5. The van der Waals surface area contributed by atoms with E-state index in [1.54, 1.807) is 24.9 Å². The van der Waals surface area contributed by atoms with Crippen LogP contribution in [0.4, 0.5) is 10.8 Å². The molecule has 0 aliphatic rings. The first-order valence-electron chi connectivity index (χ1n) is 8.95. The number of nitrogens with zero attached hydrogens (tertiary/aromatic N) is 2. The Labute approximate surface area is 172 Å². The van der Waals surface area contributed by atoms with Gasteiger partial charge in [0.15, 0.2) is 5.13 Å². The number of anilines is 2. The van der Waals surface area contributed by atoms with Gasteiger partial charge in [-0.2, -0.15) is 0 Å². The quantitative estimate of drug-likeness (QED) is 0.500. The molecule has 9 heteroatoms. The number of nitrogens with one attached hydrogen (secondary N) is 3. The summed E-state index contributed by atoms with van der Waals surface area (Å²) >= 11 is 1.31. The van der Waals surface area contributed by atoms with Gasteiger partial charge in [0.05, 0.1) is 12.8 Å². The highest BCUT2D eigenvalue weighted by atomic mass is 32.1. The molecule has 0 spiro atoms. The van der Waals surface area contributed by atoms with Crippen molar-refractivity contribution in [2.24, 2.45) is 0 Å². The van der Waals surface area contributed by atoms with Crippen LogP contribution in [0.5, 0.6) is 5.75 Å². The third-order valence-electron chi connectivity index (χ3n) is 3.94. The molecule has 0 atom stereocenters. The van der Waals surface area contributed by atoms with Crippen molar-refractivity contribution in [2.45, 2.75) is 13.0 Å². The Balaban J connectivity index is 1.43. The van der Waals surface area contributed by atoms with E-state index in [2.05, 4.69) is 25.9 Å². The van der Waals surface area contributed by atoms with E-state index in [0.717, 1.165) is 11.3 Å². The molecular formula is C20H21N5O3S. The van der Waals surface area contributed by atoms with E-state index in [9.17, 15) is 9.59 Å². The fourth-order valence-corrected chi connectivity index (χ4v) is 3.17. The van der Waals surface area contributed by atoms with Gasteiger partial charge in [0.25, 0.3) is 5.91 Å². The van der Waals surface area contributed by atoms with E-state index < -0.39 is 0 Å². The lowest BCUT2D eigenvalue weighted by atomic mass is 10.3. The molecule has 0 radical (unpaired) electrons. The molecule has 3 rings (SSSR count). The largest absolute Gasteiger partial charge is 0.495 e. The van der Waals surface area contributed by atoms with Gasteiger partial charge in [0.1, 0.15) is 11.4 Å². The summed E-state index contributed by atoms with van der Waals surface area (Å²) in [5, 5.41) is 10.9. The smallest absolute Gasteiger partial charge is 0.270 e. The number of carbonyl (C=O) groups excluding carboxylic acids is 2. The number of amides is 2. The lowest BCUT2D eigenvalue weighted by molar-refractivity contribution is -0.121. The molecule has 1 aromatic carbocycles. The van der Waals surface area contributed by atoms with Crippen LogP contribution in [0.1, 0.15) is 22.5 Å². The van der Waals surface area contributed by atoms with Crippen molar-refractivity contribution >= 4 is 34.0 Å². The van der Waals surface area contributed by atoms with Gasteiger partial charge in [-0.3, -0.25) is 14.6 Å². The summed E-state index contributed by atoms with van der Waals surface area (Å²) in [6.45, 7) is 0.634. The predicted molar refractivity (Wildman–Crippen MR) is 111 cm³/mol. The fraction of sp³-hybridized carbons (Fsp3) is 0.200. The average Bonchev–Trinajstić information content (AvgIpc) is 3.22. The third kappa shape index (κ3) is 6.01. The van der Waals surface area contributed by atoms with Crippen molar-refractivity contribution < 1.29 is 14.3 Å². The summed E-state index contributed by atoms with van der Waals surface area (Å²) in [6, 6.07) is 11.1. The fourth-order valence-electron chi connectivity index (χ4n) is 2.47. The van der Waals surface area contributed by atoms with Gasteiger partial charge in [-0.25, -0.2) is 4.98 Å². The number of thiazole rings is 1. The first-order valence-corrected chi connectivity index (χ1v) is 9.83. The summed E-state index contributed by atoms with van der Waals surface area (Å²) in [4.78, 5) is 32.4. The molecule has 2 heterocycles. The number of hydrogen-bond acceptors (Lipinski definition) is 7. The van der Waals surface area contributed by atoms with Crippen molar-refractivity contribution in [1.29, 1.82) is 0 Å². The van der Waals surface area contributed by atoms with Crippen molar-refractivity contribution in [2.75, 3.05) is 19.0 Å². The Kier molecular flexibility index (Phi) is 7.12. The first kappa shape index (κ1) is 20.3. The number of benzene rings is 1. The van der Waals surface area contributed by atoms with Gasteiger partial charge in [-0.1, -0.05) is 18.2 Å². The average molecular weight is 411 g/mol. The Morgan fingerprint density at radius 2 is 2.00 bits per heavy atom. The highest BCUT2D eigenvalue weighted by Gasteiger charge is 2.12. The Morgan fingerprint density at radius 1 is 1.14 bits per heavy atom. The van der Waals surface area contributed by atoms with Gasteiger partial charge in [-0.15, -0.1) is 11.3 Å². The van der Waals surface area contributed by atoms with E-state index in [1.807, 2.05) is 36.4 Å². The SMILES string of the molecule is COc1ccccc1Nc1nc(C(=O)NCCC(=O)NCc2cccnc2)cs1. The predicted octanol–water partition coefficient (Wildman–Crippen LogP) is 2.73. The minimum atomic E-state index is -0.325. The molecule has 0 unspecified atom stereocenters. The van der Waals surface area contributed by atoms with E-state index in [1.165, 1.54) is 11.3 Å². The highest BCUT2D eigenvalue weighted by molar-refractivity contribution is 7.14. The molecule has 0 fully saturated rings. The Morgan fingerprint density at radius 3 is 2.79 bits per heavy atom. The van der Waals surface area contributed by atoms with Crippen LogP contribution in [0.25, 0.3) is 0 Å². The number of aromatic nitrogens is 2. The molecule has 0 aliphatic carbocycles. The lowest BCUT2D eigenvalue weighted by Gasteiger charge is -2.08. The summed E-state index contributed by atoms with van der Waals surface area (Å²) in [5.74, 6) is 0.214. The number of ether oxygens (including phenoxy) is 1. The summed E-state index contributed by atoms with van der Waals surface area (Å²) in [6.07, 6.45) is 3.56. The lowest BCUT2D eigenvalue weighted by Crippen LogP contribution is -2.30. The maximum Gasteiger partial charge on any atom is 0.270 e. The van der Waals surface area contributed by atoms with Crippen molar-refractivity contribution in [1.82, 2.24) is 20.6 Å². The van der Waals surface area contributed by atoms with Gasteiger partial charge < -0.3 is 20.7 Å². The van der Waals surface area contributed by atoms with E-state index in [4.69, 9.17) is 4.74 Å². The first-order chi connectivity index (χ1) is 14.2. The molecule has 3 N–H and O–H groups in total. The van der Waals surface area contributed by atoms with Crippen molar-refractivity contribution in [3.8, 4) is 5.75 Å². The molecule has 29 heavy (non-hydrogen) atoms. The topological polar surface area (TPSA) is 105 Å². The Hall–Kier alpha value is -3.46. The third-order valence-corrected chi connectivity index (χ3v) is 4.69. The van der Waals surface area contributed by atoms with Gasteiger partial charge >= 0.3 is 0 Å². The maximum absolute atomic E-state index is 12.2. The zero-order valence-electron chi connectivity index (χ0n) is 15.8. The number of methoxy groups -OCH3 is 1. The number of carbonyl (C=O) groups is 2. The minimum Gasteiger partial charge on any atom is -0.495 e. The molecule has 0 saturated heterocycles. The zero-order valence-corrected chi connectivity index (χ0v) is 16.7. The molecule has 150 valence electrons. The van der Waals surface area contributed by atoms with Crippen LogP contribution in [0, 0.1) is 0 Å². The molecule has 0 bridgehead atoms. The van der Waals surface area contributed by atoms with Crippen molar-refractivity contribution in [3.05, 3.63) is 65.4 Å². The molecule has 3 aromatic rings. The van der Waals surface area contributed by atoms with E-state index >= 15 is 0 Å². The van der Waals surface area contributed by atoms with Crippen LogP contribution in [0.3, 0.4) is 0 Å². The summed E-state index contributed by atoms with van der Waals surface area (Å²) in [5.41, 5.74) is 1.98. The summed E-state index contributed by atoms with van der Waals surface area (Å²) in [7, 11) is 1.59. The van der Waals surface area contributed by atoms with Crippen molar-refractivity contribution in [3.63, 3.8) is 0 Å². The van der Waals surface area contributed by atoms with E-state index in [-0.39, 0.29) is 24.8 Å².